The molecule has 3 aromatic carbocycles. The molecule has 0 radical (unpaired) electrons. The first-order chi connectivity index (χ1) is 15.9. The molecule has 1 unspecified atom stereocenters. The van der Waals surface area contributed by atoms with Crippen molar-refractivity contribution < 1.29 is 18.0 Å². The van der Waals surface area contributed by atoms with E-state index in [9.17, 15) is 18.0 Å². The second kappa shape index (κ2) is 10.1. The van der Waals surface area contributed by atoms with Gasteiger partial charge in [0.1, 0.15) is 0 Å². The summed E-state index contributed by atoms with van der Waals surface area (Å²) in [6, 6.07) is 21.5. The third-order valence-electron chi connectivity index (χ3n) is 6.20. The van der Waals surface area contributed by atoms with Crippen molar-refractivity contribution in [3.8, 4) is 0 Å². The maximum Gasteiger partial charge on any atom is 0.416 e. The molecule has 6 heteroatoms. The molecule has 2 N–H and O–H groups in total. The van der Waals surface area contributed by atoms with Gasteiger partial charge in [0, 0.05) is 5.69 Å². The smallest absolute Gasteiger partial charge is 0.327 e. The van der Waals surface area contributed by atoms with Gasteiger partial charge in [-0.3, -0.25) is 0 Å². The molecule has 4 rings (SSSR count). The average molecular weight is 453 g/mol. The molecule has 1 aliphatic carbocycles. The average Bonchev–Trinajstić information content (AvgIpc) is 2.83. The quantitative estimate of drug-likeness (QED) is 0.410. The Bertz CT molecular complexity index is 1060. The van der Waals surface area contributed by atoms with Crippen molar-refractivity contribution in [1.82, 2.24) is 5.32 Å². The second-order valence-electron chi connectivity index (χ2n) is 8.52. The first-order valence-electron chi connectivity index (χ1n) is 11.3. The molecule has 2 amide bonds. The van der Waals surface area contributed by atoms with Crippen molar-refractivity contribution in [1.29, 1.82) is 0 Å². The Kier molecular flexibility index (Phi) is 7.02. The summed E-state index contributed by atoms with van der Waals surface area (Å²) in [6.45, 7) is 0. The molecule has 0 saturated heterocycles. The number of rotatable bonds is 5. The fourth-order valence-electron chi connectivity index (χ4n) is 4.47. The van der Waals surface area contributed by atoms with Crippen LogP contribution in [-0.2, 0) is 6.18 Å². The van der Waals surface area contributed by atoms with Crippen LogP contribution in [0.25, 0.3) is 0 Å². The van der Waals surface area contributed by atoms with Gasteiger partial charge in [0.25, 0.3) is 0 Å². The number of carbonyl (C=O) groups is 1. The van der Waals surface area contributed by atoms with E-state index in [1.54, 1.807) is 0 Å². The maximum absolute atomic E-state index is 13.0. The molecule has 1 aliphatic rings. The number of carbonyl (C=O) groups excluding carboxylic acids is 1. The Morgan fingerprint density at radius 3 is 2.15 bits per heavy atom. The van der Waals surface area contributed by atoms with Crippen LogP contribution in [0.4, 0.5) is 23.7 Å². The van der Waals surface area contributed by atoms with E-state index in [2.05, 4.69) is 22.8 Å². The summed E-state index contributed by atoms with van der Waals surface area (Å²) in [5, 5.41) is 5.46. The third kappa shape index (κ3) is 5.95. The lowest BCUT2D eigenvalue weighted by atomic mass is 9.83. The predicted molar refractivity (Wildman–Crippen MR) is 124 cm³/mol. The van der Waals surface area contributed by atoms with E-state index < -0.39 is 23.8 Å². The lowest BCUT2D eigenvalue weighted by Gasteiger charge is -2.24. The molecule has 1 fully saturated rings. The molecule has 172 valence electrons. The van der Waals surface area contributed by atoms with Gasteiger partial charge in [-0.25, -0.2) is 4.79 Å². The molecule has 0 bridgehead atoms. The van der Waals surface area contributed by atoms with Crippen molar-refractivity contribution in [3.05, 3.63) is 101 Å². The predicted octanol–water partition coefficient (Wildman–Crippen LogP) is 7.66. The minimum Gasteiger partial charge on any atom is -0.327 e. The highest BCUT2D eigenvalue weighted by atomic mass is 19.4. The van der Waals surface area contributed by atoms with Gasteiger partial charge in [0.15, 0.2) is 0 Å². The van der Waals surface area contributed by atoms with Crippen LogP contribution in [0.15, 0.2) is 78.9 Å². The lowest BCUT2D eigenvalue weighted by molar-refractivity contribution is -0.137. The van der Waals surface area contributed by atoms with E-state index in [0.29, 0.717) is 5.92 Å². The van der Waals surface area contributed by atoms with E-state index in [0.717, 1.165) is 23.3 Å². The Balaban J connectivity index is 1.52. The Labute approximate surface area is 192 Å². The molecule has 0 spiro atoms. The fourth-order valence-corrected chi connectivity index (χ4v) is 4.47. The van der Waals surface area contributed by atoms with Gasteiger partial charge < -0.3 is 10.6 Å². The number of halogens is 3. The topological polar surface area (TPSA) is 41.1 Å². The first kappa shape index (κ1) is 22.9. The maximum atomic E-state index is 13.0. The fraction of sp³-hybridized carbons (Fsp3) is 0.296. The van der Waals surface area contributed by atoms with Crippen LogP contribution < -0.4 is 10.6 Å². The van der Waals surface area contributed by atoms with E-state index in [1.165, 1.54) is 49.8 Å². The van der Waals surface area contributed by atoms with Crippen molar-refractivity contribution >= 4 is 11.7 Å². The standard InChI is InChI=1S/C27H27F3N2O/c28-27(29,30)23-12-7-13-24(18-23)31-26(33)32-25(21-10-5-2-6-11-21)22-16-14-20(15-17-22)19-8-3-1-4-9-19/h2,5-7,10-19,25H,1,3-4,8-9H2,(H2,31,32,33). The number of amides is 2. The molecule has 0 aliphatic heterocycles. The third-order valence-corrected chi connectivity index (χ3v) is 6.20. The minimum absolute atomic E-state index is 0.0850. The highest BCUT2D eigenvalue weighted by Crippen LogP contribution is 2.34. The van der Waals surface area contributed by atoms with E-state index in [-0.39, 0.29) is 5.69 Å². The Morgan fingerprint density at radius 1 is 0.818 bits per heavy atom. The second-order valence-corrected chi connectivity index (χ2v) is 8.52. The summed E-state index contributed by atoms with van der Waals surface area (Å²) in [4.78, 5) is 12.7. The largest absolute Gasteiger partial charge is 0.416 e. The van der Waals surface area contributed by atoms with Crippen molar-refractivity contribution in [2.45, 2.75) is 50.2 Å². The summed E-state index contributed by atoms with van der Waals surface area (Å²) < 4.78 is 39.0. The molecular weight excluding hydrogens is 425 g/mol. The molecule has 0 aromatic heterocycles. The molecule has 1 atom stereocenters. The Morgan fingerprint density at radius 2 is 1.48 bits per heavy atom. The van der Waals surface area contributed by atoms with Crippen LogP contribution in [0.2, 0.25) is 0 Å². The number of hydrogen-bond acceptors (Lipinski definition) is 1. The van der Waals surface area contributed by atoms with Gasteiger partial charge in [-0.2, -0.15) is 13.2 Å². The number of alkyl halides is 3. The summed E-state index contributed by atoms with van der Waals surface area (Å²) in [5.41, 5.74) is 2.40. The van der Waals surface area contributed by atoms with Crippen LogP contribution in [0, 0.1) is 0 Å². The number of hydrogen-bond donors (Lipinski definition) is 2. The zero-order chi connectivity index (χ0) is 23.3. The van der Waals surface area contributed by atoms with Crippen LogP contribution >= 0.6 is 0 Å². The summed E-state index contributed by atoms with van der Waals surface area (Å²) >= 11 is 0. The highest BCUT2D eigenvalue weighted by molar-refractivity contribution is 5.89. The van der Waals surface area contributed by atoms with Gasteiger partial charge >= 0.3 is 12.2 Å². The Hall–Kier alpha value is -3.28. The zero-order valence-corrected chi connectivity index (χ0v) is 18.2. The van der Waals surface area contributed by atoms with Crippen molar-refractivity contribution in [2.75, 3.05) is 5.32 Å². The summed E-state index contributed by atoms with van der Waals surface area (Å²) in [5.74, 6) is 0.583. The van der Waals surface area contributed by atoms with E-state index in [1.807, 2.05) is 42.5 Å². The zero-order valence-electron chi connectivity index (χ0n) is 18.2. The van der Waals surface area contributed by atoms with Crippen LogP contribution in [0.3, 0.4) is 0 Å². The summed E-state index contributed by atoms with van der Waals surface area (Å²) in [6.07, 6.45) is 1.77. The highest BCUT2D eigenvalue weighted by Gasteiger charge is 2.30. The number of nitrogens with one attached hydrogen (secondary N) is 2. The number of urea groups is 1. The van der Waals surface area contributed by atoms with Gasteiger partial charge in [-0.1, -0.05) is 79.9 Å². The minimum atomic E-state index is -4.47. The molecule has 0 heterocycles. The lowest BCUT2D eigenvalue weighted by Crippen LogP contribution is -2.33. The van der Waals surface area contributed by atoms with Gasteiger partial charge in [-0.05, 0) is 53.6 Å². The SMILES string of the molecule is O=C(Nc1cccc(C(F)(F)F)c1)NC(c1ccccc1)c1ccc(C2CCCCC2)cc1. The molecule has 3 nitrogen and oxygen atoms in total. The van der Waals surface area contributed by atoms with Crippen molar-refractivity contribution in [3.63, 3.8) is 0 Å². The summed E-state index contributed by atoms with van der Waals surface area (Å²) in [7, 11) is 0. The van der Waals surface area contributed by atoms with E-state index >= 15 is 0 Å². The molecular formula is C27H27F3N2O. The molecule has 1 saturated carbocycles. The van der Waals surface area contributed by atoms with Gasteiger partial charge in [0.2, 0.25) is 0 Å². The van der Waals surface area contributed by atoms with Gasteiger partial charge in [-0.15, -0.1) is 0 Å². The van der Waals surface area contributed by atoms with Crippen LogP contribution in [-0.4, -0.2) is 6.03 Å². The molecule has 3 aromatic rings. The van der Waals surface area contributed by atoms with Crippen molar-refractivity contribution in [2.24, 2.45) is 0 Å². The number of benzene rings is 3. The normalized spacial score (nSPS) is 15.6. The number of anilines is 1. The van der Waals surface area contributed by atoms with Crippen LogP contribution in [0.5, 0.6) is 0 Å². The van der Waals surface area contributed by atoms with Gasteiger partial charge in [0.05, 0.1) is 11.6 Å². The monoisotopic (exact) mass is 452 g/mol. The first-order valence-corrected chi connectivity index (χ1v) is 11.3. The van der Waals surface area contributed by atoms with E-state index in [4.69, 9.17) is 0 Å². The molecule has 33 heavy (non-hydrogen) atoms. The van der Waals surface area contributed by atoms with Crippen LogP contribution in [0.1, 0.15) is 66.3 Å².